The Morgan fingerprint density at radius 2 is 1.77 bits per heavy atom. The molecule has 0 saturated carbocycles. The lowest BCUT2D eigenvalue weighted by molar-refractivity contribution is 0.0800. The molecule has 2 aromatic rings. The molecule has 3 rings (SSSR count). The summed E-state index contributed by atoms with van der Waals surface area (Å²) in [5.74, 6) is -0.768. The molecule has 2 aromatic carbocycles. The second-order valence-corrected chi connectivity index (χ2v) is 6.00. The number of hydrogen-bond acceptors (Lipinski definition) is 3. The Kier molecular flexibility index (Phi) is 5.80. The number of urea groups is 1. The third kappa shape index (κ3) is 4.58. The molecule has 136 valence electrons. The number of benzene rings is 2. The number of amides is 3. The molecule has 26 heavy (non-hydrogen) atoms. The minimum atomic E-state index is -0.570. The van der Waals surface area contributed by atoms with Crippen LogP contribution in [0.3, 0.4) is 0 Å². The van der Waals surface area contributed by atoms with Gasteiger partial charge in [-0.05, 0) is 42.7 Å². The average Bonchev–Trinajstić information content (AvgIpc) is 3.20. The van der Waals surface area contributed by atoms with Gasteiger partial charge in [-0.15, -0.1) is 0 Å². The van der Waals surface area contributed by atoms with Gasteiger partial charge in [-0.25, -0.2) is 14.6 Å². The fourth-order valence-electron chi connectivity index (χ4n) is 2.88. The molecule has 0 spiro atoms. The number of hydrazine groups is 1. The Morgan fingerprint density at radius 1 is 1.04 bits per heavy atom. The molecule has 2 atom stereocenters. The monoisotopic (exact) mass is 357 g/mol. The topological polar surface area (TPSA) is 79.5 Å². The Balaban J connectivity index is 1.61. The lowest BCUT2D eigenvalue weighted by atomic mass is 9.99. The Hall–Kier alpha value is -2.93. The summed E-state index contributed by atoms with van der Waals surface area (Å²) in [6.45, 7) is 0.621. The molecule has 7 heteroatoms. The van der Waals surface area contributed by atoms with Crippen LogP contribution in [0.15, 0.2) is 54.6 Å². The lowest BCUT2D eigenvalue weighted by Crippen LogP contribution is -2.49. The molecule has 0 radical (unpaired) electrons. The van der Waals surface area contributed by atoms with E-state index in [9.17, 15) is 14.0 Å². The smallest absolute Gasteiger partial charge is 0.334 e. The molecule has 1 aliphatic rings. The molecule has 0 bridgehead atoms. The van der Waals surface area contributed by atoms with Crippen molar-refractivity contribution in [3.63, 3.8) is 0 Å². The first-order valence-corrected chi connectivity index (χ1v) is 8.42. The van der Waals surface area contributed by atoms with Crippen LogP contribution in [-0.2, 0) is 4.74 Å². The van der Waals surface area contributed by atoms with Crippen molar-refractivity contribution in [3.05, 3.63) is 71.5 Å². The van der Waals surface area contributed by atoms with E-state index in [2.05, 4.69) is 16.2 Å². The number of carbonyl (C=O) groups excluding carboxylic acids is 2. The van der Waals surface area contributed by atoms with Crippen molar-refractivity contribution < 1.29 is 18.7 Å². The maximum atomic E-state index is 13.2. The Labute approximate surface area is 150 Å². The zero-order valence-corrected chi connectivity index (χ0v) is 14.1. The summed E-state index contributed by atoms with van der Waals surface area (Å²) in [6, 6.07) is 13.5. The average molecular weight is 357 g/mol. The van der Waals surface area contributed by atoms with Crippen LogP contribution in [-0.4, -0.2) is 24.6 Å². The molecule has 2 unspecified atom stereocenters. The van der Waals surface area contributed by atoms with Crippen molar-refractivity contribution >= 4 is 11.9 Å². The van der Waals surface area contributed by atoms with Crippen LogP contribution in [0.2, 0.25) is 0 Å². The number of nitrogens with one attached hydrogen (secondary N) is 3. The highest BCUT2D eigenvalue weighted by atomic mass is 19.1. The van der Waals surface area contributed by atoms with Gasteiger partial charge in [0.1, 0.15) is 5.82 Å². The van der Waals surface area contributed by atoms with Crippen LogP contribution < -0.4 is 16.2 Å². The van der Waals surface area contributed by atoms with E-state index in [0.29, 0.717) is 12.2 Å². The van der Waals surface area contributed by atoms with Crippen LogP contribution in [0.4, 0.5) is 9.18 Å². The van der Waals surface area contributed by atoms with Gasteiger partial charge in [0.15, 0.2) is 0 Å². The molecule has 3 N–H and O–H groups in total. The van der Waals surface area contributed by atoms with Gasteiger partial charge in [-0.2, -0.15) is 0 Å². The first kappa shape index (κ1) is 17.9. The summed E-state index contributed by atoms with van der Waals surface area (Å²) in [4.78, 5) is 24.2. The molecule has 0 aromatic heterocycles. The first-order valence-electron chi connectivity index (χ1n) is 8.42. The number of halogens is 1. The lowest BCUT2D eigenvalue weighted by Gasteiger charge is -2.25. The van der Waals surface area contributed by atoms with Crippen LogP contribution in [0.1, 0.15) is 34.8 Å². The van der Waals surface area contributed by atoms with Crippen molar-refractivity contribution in [1.82, 2.24) is 16.2 Å². The fraction of sp³-hybridized carbons (Fsp3) is 0.263. The fourth-order valence-corrected chi connectivity index (χ4v) is 2.88. The maximum Gasteiger partial charge on any atom is 0.334 e. The molecule has 6 nitrogen and oxygen atoms in total. The summed E-state index contributed by atoms with van der Waals surface area (Å²) < 4.78 is 18.9. The van der Waals surface area contributed by atoms with Gasteiger partial charge in [-0.1, -0.05) is 30.3 Å². The van der Waals surface area contributed by atoms with Gasteiger partial charge in [0.05, 0.1) is 12.1 Å². The zero-order chi connectivity index (χ0) is 18.4. The second kappa shape index (κ2) is 8.44. The molecular formula is C19H20FN3O3. The van der Waals surface area contributed by atoms with E-state index in [0.717, 1.165) is 18.4 Å². The van der Waals surface area contributed by atoms with Gasteiger partial charge in [-0.3, -0.25) is 10.2 Å². The minimum Gasteiger partial charge on any atom is -0.376 e. The summed E-state index contributed by atoms with van der Waals surface area (Å²) in [5.41, 5.74) is 5.86. The van der Waals surface area contributed by atoms with Crippen molar-refractivity contribution in [2.45, 2.75) is 25.0 Å². The summed E-state index contributed by atoms with van der Waals surface area (Å²) in [7, 11) is 0. The molecule has 3 amide bonds. The van der Waals surface area contributed by atoms with Gasteiger partial charge < -0.3 is 10.1 Å². The first-order chi connectivity index (χ1) is 12.6. The van der Waals surface area contributed by atoms with E-state index in [1.807, 2.05) is 0 Å². The molecular weight excluding hydrogens is 337 g/mol. The summed E-state index contributed by atoms with van der Waals surface area (Å²) in [6.07, 6.45) is 1.49. The molecule has 1 fully saturated rings. The number of rotatable bonds is 4. The second-order valence-electron chi connectivity index (χ2n) is 6.00. The molecule has 1 saturated heterocycles. The zero-order valence-electron chi connectivity index (χ0n) is 14.1. The Bertz CT molecular complexity index is 746. The van der Waals surface area contributed by atoms with E-state index >= 15 is 0 Å². The van der Waals surface area contributed by atoms with Gasteiger partial charge in [0.25, 0.3) is 5.91 Å². The van der Waals surface area contributed by atoms with Crippen molar-refractivity contribution in [2.24, 2.45) is 0 Å². The normalized spacial score (nSPS) is 17.3. The van der Waals surface area contributed by atoms with Crippen molar-refractivity contribution in [3.8, 4) is 0 Å². The van der Waals surface area contributed by atoms with Crippen LogP contribution in [0.25, 0.3) is 0 Å². The van der Waals surface area contributed by atoms with Crippen LogP contribution >= 0.6 is 0 Å². The van der Waals surface area contributed by atoms with E-state index in [-0.39, 0.29) is 11.9 Å². The van der Waals surface area contributed by atoms with Crippen molar-refractivity contribution in [1.29, 1.82) is 0 Å². The number of ether oxygens (including phenoxy) is 1. The van der Waals surface area contributed by atoms with E-state index in [1.165, 1.54) is 12.1 Å². The largest absolute Gasteiger partial charge is 0.376 e. The highest BCUT2D eigenvalue weighted by molar-refractivity contribution is 5.95. The third-order valence-corrected chi connectivity index (χ3v) is 4.18. The predicted octanol–water partition coefficient (Wildman–Crippen LogP) is 2.69. The third-order valence-electron chi connectivity index (χ3n) is 4.18. The van der Waals surface area contributed by atoms with Crippen molar-refractivity contribution in [2.75, 3.05) is 6.61 Å². The summed E-state index contributed by atoms with van der Waals surface area (Å²) >= 11 is 0. The SMILES string of the molecule is O=C(NNC(=O)c1ccccc1)NC(c1ccc(F)cc1)C1CCCO1. The molecule has 1 aliphatic heterocycles. The predicted molar refractivity (Wildman–Crippen MR) is 93.7 cm³/mol. The molecule has 0 aliphatic carbocycles. The number of hydrogen-bond donors (Lipinski definition) is 3. The van der Waals surface area contributed by atoms with E-state index in [1.54, 1.807) is 42.5 Å². The maximum absolute atomic E-state index is 13.2. The van der Waals surface area contributed by atoms with Gasteiger partial charge in [0, 0.05) is 12.2 Å². The van der Waals surface area contributed by atoms with E-state index < -0.39 is 18.0 Å². The van der Waals surface area contributed by atoms with E-state index in [4.69, 9.17) is 4.74 Å². The van der Waals surface area contributed by atoms with Crippen LogP contribution in [0, 0.1) is 5.82 Å². The van der Waals surface area contributed by atoms with Crippen LogP contribution in [0.5, 0.6) is 0 Å². The highest BCUT2D eigenvalue weighted by Gasteiger charge is 2.29. The highest BCUT2D eigenvalue weighted by Crippen LogP contribution is 2.27. The number of carbonyl (C=O) groups is 2. The van der Waals surface area contributed by atoms with Gasteiger partial charge >= 0.3 is 6.03 Å². The Morgan fingerprint density at radius 3 is 2.42 bits per heavy atom. The standard InChI is InChI=1S/C19H20FN3O3/c20-15-10-8-13(9-11-15)17(16-7-4-12-26-16)21-19(25)23-22-18(24)14-5-2-1-3-6-14/h1-3,5-6,8-11,16-17H,4,7,12H2,(H,22,24)(H2,21,23,25). The summed E-state index contributed by atoms with van der Waals surface area (Å²) in [5, 5.41) is 2.79. The van der Waals surface area contributed by atoms with Gasteiger partial charge in [0.2, 0.25) is 0 Å². The molecule has 1 heterocycles. The minimum absolute atomic E-state index is 0.198. The quantitative estimate of drug-likeness (QED) is 0.736.